The summed E-state index contributed by atoms with van der Waals surface area (Å²) in [5, 5.41) is 4.08. The van der Waals surface area contributed by atoms with E-state index in [0.29, 0.717) is 29.8 Å². The molecule has 36 heavy (non-hydrogen) atoms. The maximum Gasteiger partial charge on any atom is 0.422 e. The molecular formula is C29H36N4O3. The number of fused-ring (bicyclic) bond motifs is 2. The molecule has 3 unspecified atom stereocenters. The standard InChI is InChI=1S/C29H36N4O3/c1-3-20(2)36-29(35)33(22-10-5-4-6-11-22)28(34)31-21-14-15-26-24(18-21)25(19-30-26)23-12-9-17-32-16-8-7-13-27(23)32/h4-6,10-11,14-15,18-20,23,27,30H,3,7-9,12-13,16-17H2,1-2H3,(H,31,34). The Morgan fingerprint density at radius 2 is 1.92 bits per heavy atom. The molecule has 3 atom stereocenters. The Kier molecular flexibility index (Phi) is 7.28. The van der Waals surface area contributed by atoms with Crippen molar-refractivity contribution in [2.24, 2.45) is 0 Å². The van der Waals surface area contributed by atoms with Gasteiger partial charge in [0.15, 0.2) is 0 Å². The lowest BCUT2D eigenvalue weighted by Gasteiger charge is -2.44. The Hall–Kier alpha value is -3.32. The first-order chi connectivity index (χ1) is 17.5. The molecule has 5 rings (SSSR count). The van der Waals surface area contributed by atoms with E-state index in [1.807, 2.05) is 38.1 Å². The van der Waals surface area contributed by atoms with Crippen molar-refractivity contribution in [2.75, 3.05) is 23.3 Å². The lowest BCUT2D eigenvalue weighted by Crippen LogP contribution is -2.46. The number of ether oxygens (including phenoxy) is 1. The number of anilines is 2. The molecule has 2 aliphatic rings. The maximum atomic E-state index is 13.4. The summed E-state index contributed by atoms with van der Waals surface area (Å²) in [5.41, 5.74) is 3.51. The number of nitrogens with one attached hydrogen (secondary N) is 2. The Balaban J connectivity index is 1.41. The van der Waals surface area contributed by atoms with Crippen LogP contribution >= 0.6 is 0 Å². The molecule has 7 nitrogen and oxygen atoms in total. The number of piperidine rings is 2. The second kappa shape index (κ2) is 10.7. The van der Waals surface area contributed by atoms with E-state index >= 15 is 0 Å². The highest BCUT2D eigenvalue weighted by Crippen LogP contribution is 2.40. The number of hydrogen-bond acceptors (Lipinski definition) is 4. The average molecular weight is 489 g/mol. The quantitative estimate of drug-likeness (QED) is 0.411. The summed E-state index contributed by atoms with van der Waals surface area (Å²) in [6, 6.07) is 14.8. The number of urea groups is 1. The summed E-state index contributed by atoms with van der Waals surface area (Å²) in [7, 11) is 0. The fourth-order valence-electron chi connectivity index (χ4n) is 5.72. The summed E-state index contributed by atoms with van der Waals surface area (Å²) in [5.74, 6) is 0.491. The van der Waals surface area contributed by atoms with E-state index in [4.69, 9.17) is 4.74 Å². The van der Waals surface area contributed by atoms with E-state index in [1.54, 1.807) is 24.3 Å². The van der Waals surface area contributed by atoms with E-state index in [1.165, 1.54) is 50.8 Å². The third-order valence-corrected chi connectivity index (χ3v) is 7.73. The first-order valence-electron chi connectivity index (χ1n) is 13.3. The number of hydrogen-bond donors (Lipinski definition) is 2. The van der Waals surface area contributed by atoms with Crippen LogP contribution in [0.5, 0.6) is 0 Å². The molecule has 2 saturated heterocycles. The SMILES string of the molecule is CCC(C)OC(=O)N(C(=O)Nc1ccc2[nH]cc(C3CCCN4CCCCC34)c2c1)c1ccccc1. The molecule has 1 aromatic heterocycles. The van der Waals surface area contributed by atoms with Gasteiger partial charge in [0, 0.05) is 34.7 Å². The van der Waals surface area contributed by atoms with Crippen LogP contribution in [0.25, 0.3) is 10.9 Å². The number of rotatable bonds is 5. The van der Waals surface area contributed by atoms with Gasteiger partial charge in [-0.25, -0.2) is 9.59 Å². The van der Waals surface area contributed by atoms with Gasteiger partial charge in [-0.3, -0.25) is 4.90 Å². The third-order valence-electron chi connectivity index (χ3n) is 7.73. The second-order valence-corrected chi connectivity index (χ2v) is 10.1. The fourth-order valence-corrected chi connectivity index (χ4v) is 5.72. The number of imide groups is 1. The van der Waals surface area contributed by atoms with E-state index < -0.39 is 12.1 Å². The minimum atomic E-state index is -0.684. The summed E-state index contributed by atoms with van der Waals surface area (Å²) >= 11 is 0. The molecule has 0 aliphatic carbocycles. The van der Waals surface area contributed by atoms with Crippen molar-refractivity contribution in [3.8, 4) is 0 Å². The van der Waals surface area contributed by atoms with Gasteiger partial charge >= 0.3 is 12.1 Å². The highest BCUT2D eigenvalue weighted by Gasteiger charge is 2.35. The zero-order valence-corrected chi connectivity index (χ0v) is 21.2. The number of para-hydroxylation sites is 1. The van der Waals surface area contributed by atoms with Crippen LogP contribution in [0.3, 0.4) is 0 Å². The van der Waals surface area contributed by atoms with E-state index in [9.17, 15) is 9.59 Å². The summed E-state index contributed by atoms with van der Waals surface area (Å²) in [6.07, 6.45) is 8.09. The molecule has 2 aromatic carbocycles. The molecule has 0 saturated carbocycles. The number of aromatic nitrogens is 1. The van der Waals surface area contributed by atoms with Crippen LogP contribution in [-0.4, -0.2) is 47.2 Å². The molecule has 2 aliphatic heterocycles. The monoisotopic (exact) mass is 488 g/mol. The second-order valence-electron chi connectivity index (χ2n) is 10.1. The number of H-pyrrole nitrogens is 1. The predicted octanol–water partition coefficient (Wildman–Crippen LogP) is 6.87. The molecule has 2 fully saturated rings. The summed E-state index contributed by atoms with van der Waals surface area (Å²) in [4.78, 5) is 33.5. The summed E-state index contributed by atoms with van der Waals surface area (Å²) in [6.45, 7) is 6.16. The number of benzene rings is 2. The average Bonchev–Trinajstić information content (AvgIpc) is 3.32. The molecule has 0 radical (unpaired) electrons. The van der Waals surface area contributed by atoms with Crippen molar-refractivity contribution in [1.82, 2.24) is 9.88 Å². The lowest BCUT2D eigenvalue weighted by atomic mass is 9.79. The smallest absolute Gasteiger partial charge is 0.422 e. The normalized spacial score (nSPS) is 20.9. The van der Waals surface area contributed by atoms with Crippen LogP contribution in [0.2, 0.25) is 0 Å². The number of amides is 3. The molecule has 3 amide bonds. The first-order valence-corrected chi connectivity index (χ1v) is 13.3. The third kappa shape index (κ3) is 4.98. The van der Waals surface area contributed by atoms with E-state index in [-0.39, 0.29) is 6.10 Å². The van der Waals surface area contributed by atoms with Crippen LogP contribution in [0.15, 0.2) is 54.7 Å². The minimum absolute atomic E-state index is 0.287. The van der Waals surface area contributed by atoms with Crippen LogP contribution in [0.1, 0.15) is 63.9 Å². The van der Waals surface area contributed by atoms with Gasteiger partial charge in [-0.2, -0.15) is 4.90 Å². The Bertz CT molecular complexity index is 1210. The Morgan fingerprint density at radius 3 is 2.72 bits per heavy atom. The van der Waals surface area contributed by atoms with Crippen LogP contribution < -0.4 is 10.2 Å². The zero-order valence-electron chi connectivity index (χ0n) is 21.2. The Labute approximate surface area is 212 Å². The zero-order chi connectivity index (χ0) is 25.1. The highest BCUT2D eigenvalue weighted by molar-refractivity contribution is 6.16. The molecule has 7 heteroatoms. The predicted molar refractivity (Wildman–Crippen MR) is 144 cm³/mol. The molecule has 190 valence electrons. The van der Waals surface area contributed by atoms with Crippen molar-refractivity contribution in [1.29, 1.82) is 0 Å². The number of nitrogens with zero attached hydrogens (tertiary/aromatic N) is 2. The van der Waals surface area contributed by atoms with Gasteiger partial charge in [-0.1, -0.05) is 31.5 Å². The maximum absolute atomic E-state index is 13.4. The highest BCUT2D eigenvalue weighted by atomic mass is 16.6. The first kappa shape index (κ1) is 24.4. The van der Waals surface area contributed by atoms with Crippen molar-refractivity contribution >= 4 is 34.4 Å². The fraction of sp³-hybridized carbons (Fsp3) is 0.448. The van der Waals surface area contributed by atoms with Crippen LogP contribution in [-0.2, 0) is 4.74 Å². The van der Waals surface area contributed by atoms with Gasteiger partial charge in [-0.15, -0.1) is 0 Å². The summed E-state index contributed by atoms with van der Waals surface area (Å²) < 4.78 is 5.50. The molecule has 2 N–H and O–H groups in total. The van der Waals surface area contributed by atoms with Crippen molar-refractivity contribution in [3.05, 3.63) is 60.3 Å². The largest absolute Gasteiger partial charge is 0.446 e. The van der Waals surface area contributed by atoms with Crippen molar-refractivity contribution < 1.29 is 14.3 Å². The van der Waals surface area contributed by atoms with Crippen molar-refractivity contribution in [3.63, 3.8) is 0 Å². The van der Waals surface area contributed by atoms with Crippen LogP contribution in [0, 0.1) is 0 Å². The van der Waals surface area contributed by atoms with Gasteiger partial charge in [-0.05, 0) is 88.0 Å². The van der Waals surface area contributed by atoms with E-state index in [0.717, 1.165) is 15.8 Å². The minimum Gasteiger partial charge on any atom is -0.446 e. The van der Waals surface area contributed by atoms with Gasteiger partial charge in [0.25, 0.3) is 0 Å². The number of carbonyl (C=O) groups is 2. The molecule has 0 spiro atoms. The number of carbonyl (C=O) groups excluding carboxylic acids is 2. The topological polar surface area (TPSA) is 77.7 Å². The molecule has 3 heterocycles. The van der Waals surface area contributed by atoms with Crippen LogP contribution in [0.4, 0.5) is 21.0 Å². The Morgan fingerprint density at radius 1 is 1.11 bits per heavy atom. The number of aromatic amines is 1. The van der Waals surface area contributed by atoms with Gasteiger partial charge in [0.05, 0.1) is 5.69 Å². The molecule has 0 bridgehead atoms. The van der Waals surface area contributed by atoms with E-state index in [2.05, 4.69) is 21.4 Å². The lowest BCUT2D eigenvalue weighted by molar-refractivity contribution is 0.0898. The van der Waals surface area contributed by atoms with Gasteiger partial charge in [0.2, 0.25) is 0 Å². The van der Waals surface area contributed by atoms with Gasteiger partial charge in [0.1, 0.15) is 6.10 Å². The molecular weight excluding hydrogens is 452 g/mol. The molecule has 3 aromatic rings. The van der Waals surface area contributed by atoms with Gasteiger partial charge < -0.3 is 15.0 Å². The van der Waals surface area contributed by atoms with Crippen molar-refractivity contribution in [2.45, 2.75) is 70.4 Å².